The number of rotatable bonds is 7. The van der Waals surface area contributed by atoms with Gasteiger partial charge >= 0.3 is 0 Å². The van der Waals surface area contributed by atoms with Gasteiger partial charge in [0.15, 0.2) is 5.78 Å². The number of nitrogens with one attached hydrogen (secondary N) is 1. The molecule has 0 aliphatic carbocycles. The number of allylic oxidation sites excluding steroid dienone is 1. The third kappa shape index (κ3) is 5.57. The maximum Gasteiger partial charge on any atom is 0.261 e. The van der Waals surface area contributed by atoms with E-state index in [4.69, 9.17) is 5.53 Å². The van der Waals surface area contributed by atoms with Crippen LogP contribution in [0.1, 0.15) is 15.9 Å². The van der Waals surface area contributed by atoms with E-state index in [-0.39, 0.29) is 10.7 Å². The minimum Gasteiger partial charge on any atom is -0.289 e. The van der Waals surface area contributed by atoms with E-state index in [1.54, 1.807) is 18.2 Å². The van der Waals surface area contributed by atoms with E-state index in [1.807, 2.05) is 24.3 Å². The second-order valence-electron chi connectivity index (χ2n) is 6.12. The molecular formula is C21H15BrN4O3S. The minimum atomic E-state index is -3.82. The van der Waals surface area contributed by atoms with Crippen LogP contribution in [0.2, 0.25) is 0 Å². The zero-order valence-corrected chi connectivity index (χ0v) is 17.8. The van der Waals surface area contributed by atoms with Gasteiger partial charge in [0, 0.05) is 26.3 Å². The third-order valence-corrected chi connectivity index (χ3v) is 5.95. The Bertz CT molecular complexity index is 1230. The molecule has 0 radical (unpaired) electrons. The number of carbonyl (C=O) groups excluding carboxylic acids is 1. The molecule has 0 aromatic heterocycles. The highest BCUT2D eigenvalue weighted by molar-refractivity contribution is 9.10. The summed E-state index contributed by atoms with van der Waals surface area (Å²) in [6.45, 7) is 0. The molecule has 0 bridgehead atoms. The SMILES string of the molecule is [N-]=[N+]=Nc1ccc(S(=O)(=O)Nc2ccc(C(=O)C=Cc3ccc(Br)cc3)cc2)cc1. The number of hydrogen-bond donors (Lipinski definition) is 1. The number of nitrogens with zero attached hydrogens (tertiary/aromatic N) is 3. The molecule has 3 aromatic carbocycles. The molecule has 0 unspecified atom stereocenters. The van der Waals surface area contributed by atoms with Crippen molar-refractivity contribution >= 4 is 49.2 Å². The van der Waals surface area contributed by atoms with Crippen LogP contribution in [-0.4, -0.2) is 14.2 Å². The molecule has 3 aromatic rings. The summed E-state index contributed by atoms with van der Waals surface area (Å²) in [4.78, 5) is 15.0. The third-order valence-electron chi connectivity index (χ3n) is 4.03. The van der Waals surface area contributed by atoms with Crippen molar-refractivity contribution in [3.05, 3.63) is 105 Å². The first kappa shape index (κ1) is 21.3. The molecule has 0 saturated carbocycles. The van der Waals surface area contributed by atoms with Gasteiger partial charge < -0.3 is 0 Å². The van der Waals surface area contributed by atoms with Gasteiger partial charge in [-0.15, -0.1) is 0 Å². The Morgan fingerprint density at radius 1 is 0.967 bits per heavy atom. The molecule has 0 atom stereocenters. The fourth-order valence-corrected chi connectivity index (χ4v) is 3.83. The Labute approximate surface area is 181 Å². The first-order valence-electron chi connectivity index (χ1n) is 8.63. The van der Waals surface area contributed by atoms with Crippen molar-refractivity contribution < 1.29 is 13.2 Å². The highest BCUT2D eigenvalue weighted by atomic mass is 79.9. The number of anilines is 1. The van der Waals surface area contributed by atoms with Crippen molar-refractivity contribution in [3.63, 3.8) is 0 Å². The van der Waals surface area contributed by atoms with Crippen molar-refractivity contribution in [2.24, 2.45) is 5.11 Å². The van der Waals surface area contributed by atoms with E-state index in [0.717, 1.165) is 10.0 Å². The number of hydrogen-bond acceptors (Lipinski definition) is 4. The van der Waals surface area contributed by atoms with E-state index in [9.17, 15) is 13.2 Å². The van der Waals surface area contributed by atoms with Crippen LogP contribution >= 0.6 is 15.9 Å². The van der Waals surface area contributed by atoms with Gasteiger partial charge in [-0.1, -0.05) is 51.4 Å². The molecule has 0 saturated heterocycles. The summed E-state index contributed by atoms with van der Waals surface area (Å²) in [7, 11) is -3.82. The van der Waals surface area contributed by atoms with Crippen LogP contribution in [0.5, 0.6) is 0 Å². The first-order chi connectivity index (χ1) is 14.4. The largest absolute Gasteiger partial charge is 0.289 e. The van der Waals surface area contributed by atoms with Gasteiger partial charge in [-0.25, -0.2) is 8.42 Å². The minimum absolute atomic E-state index is 0.0250. The zero-order chi connectivity index (χ0) is 21.6. The standard InChI is InChI=1S/C21H15BrN4O3S/c22-17-6-1-15(2-7-17)3-14-21(27)16-4-8-19(9-5-16)25-30(28,29)20-12-10-18(11-13-20)24-26-23/h1-14,25H. The number of halogens is 1. The number of benzene rings is 3. The highest BCUT2D eigenvalue weighted by Crippen LogP contribution is 2.20. The smallest absolute Gasteiger partial charge is 0.261 e. The maximum absolute atomic E-state index is 12.5. The van der Waals surface area contributed by atoms with Crippen LogP contribution in [0.4, 0.5) is 11.4 Å². The number of ketones is 1. The maximum atomic E-state index is 12.5. The van der Waals surface area contributed by atoms with Crippen molar-refractivity contribution in [1.82, 2.24) is 0 Å². The summed E-state index contributed by atoms with van der Waals surface area (Å²) >= 11 is 3.36. The zero-order valence-electron chi connectivity index (χ0n) is 15.4. The molecule has 0 fully saturated rings. The lowest BCUT2D eigenvalue weighted by atomic mass is 10.1. The Balaban J connectivity index is 1.69. The Kier molecular flexibility index (Phi) is 6.68. The van der Waals surface area contributed by atoms with Crippen molar-refractivity contribution in [3.8, 4) is 0 Å². The number of sulfonamides is 1. The Morgan fingerprint density at radius 2 is 1.60 bits per heavy atom. The van der Waals surface area contributed by atoms with Crippen LogP contribution in [0, 0.1) is 0 Å². The summed E-state index contributed by atoms with van der Waals surface area (Å²) in [5.74, 6) is -0.194. The fourth-order valence-electron chi connectivity index (χ4n) is 2.50. The quantitative estimate of drug-likeness (QED) is 0.144. The van der Waals surface area contributed by atoms with Crippen molar-refractivity contribution in [2.45, 2.75) is 4.90 Å². The van der Waals surface area contributed by atoms with Gasteiger partial charge in [-0.2, -0.15) is 0 Å². The summed E-state index contributed by atoms with van der Waals surface area (Å²) in [6, 6.07) is 19.2. The second kappa shape index (κ2) is 9.41. The van der Waals surface area contributed by atoms with Crippen LogP contribution < -0.4 is 4.72 Å². The van der Waals surface area contributed by atoms with E-state index in [1.165, 1.54) is 42.5 Å². The summed E-state index contributed by atoms with van der Waals surface area (Å²) in [5, 5.41) is 3.40. The van der Waals surface area contributed by atoms with Gasteiger partial charge in [-0.05, 0) is 65.7 Å². The molecule has 0 heterocycles. The van der Waals surface area contributed by atoms with Crippen LogP contribution in [-0.2, 0) is 10.0 Å². The molecule has 3 rings (SSSR count). The monoisotopic (exact) mass is 482 g/mol. The van der Waals surface area contributed by atoms with Crippen molar-refractivity contribution in [1.29, 1.82) is 0 Å². The first-order valence-corrected chi connectivity index (χ1v) is 10.9. The molecule has 0 amide bonds. The molecule has 9 heteroatoms. The van der Waals surface area contributed by atoms with E-state index < -0.39 is 10.0 Å². The molecule has 7 nitrogen and oxygen atoms in total. The summed E-state index contributed by atoms with van der Waals surface area (Å²) < 4.78 is 28.4. The van der Waals surface area contributed by atoms with Gasteiger partial charge in [0.05, 0.1) is 4.90 Å². The lowest BCUT2D eigenvalue weighted by Crippen LogP contribution is -2.12. The van der Waals surface area contributed by atoms with E-state index >= 15 is 0 Å². The lowest BCUT2D eigenvalue weighted by Gasteiger charge is -2.08. The van der Waals surface area contributed by atoms with Gasteiger partial charge in [-0.3, -0.25) is 9.52 Å². The lowest BCUT2D eigenvalue weighted by molar-refractivity contribution is 0.104. The number of azide groups is 1. The number of carbonyl (C=O) groups is 1. The molecule has 30 heavy (non-hydrogen) atoms. The summed E-state index contributed by atoms with van der Waals surface area (Å²) in [6.07, 6.45) is 3.18. The van der Waals surface area contributed by atoms with Gasteiger partial charge in [0.25, 0.3) is 10.0 Å². The summed E-state index contributed by atoms with van der Waals surface area (Å²) in [5.41, 5.74) is 10.4. The average molecular weight is 483 g/mol. The molecule has 1 N–H and O–H groups in total. The Hall–Kier alpha value is -3.39. The van der Waals surface area contributed by atoms with Gasteiger partial charge in [0.1, 0.15) is 0 Å². The highest BCUT2D eigenvalue weighted by Gasteiger charge is 2.14. The second-order valence-corrected chi connectivity index (χ2v) is 8.71. The average Bonchev–Trinajstić information content (AvgIpc) is 2.74. The fraction of sp³-hybridized carbons (Fsp3) is 0. The normalized spacial score (nSPS) is 11.1. The molecular weight excluding hydrogens is 468 g/mol. The predicted octanol–water partition coefficient (Wildman–Crippen LogP) is 6.09. The molecule has 0 spiro atoms. The predicted molar refractivity (Wildman–Crippen MR) is 120 cm³/mol. The molecule has 150 valence electrons. The van der Waals surface area contributed by atoms with Crippen LogP contribution in [0.15, 0.2) is 93.4 Å². The topological polar surface area (TPSA) is 112 Å². The van der Waals surface area contributed by atoms with Crippen molar-refractivity contribution in [2.75, 3.05) is 4.72 Å². The van der Waals surface area contributed by atoms with E-state index in [2.05, 4.69) is 30.7 Å². The van der Waals surface area contributed by atoms with E-state index in [0.29, 0.717) is 16.9 Å². The van der Waals surface area contributed by atoms with Gasteiger partial charge in [0.2, 0.25) is 0 Å². The molecule has 0 aliphatic heterocycles. The Morgan fingerprint density at radius 3 is 2.20 bits per heavy atom. The van der Waals surface area contributed by atoms with Crippen LogP contribution in [0.3, 0.4) is 0 Å². The molecule has 0 aliphatic rings. The van der Waals surface area contributed by atoms with Crippen LogP contribution in [0.25, 0.3) is 16.5 Å².